The number of halogens is 1. The second-order valence-electron chi connectivity index (χ2n) is 14.1. The Labute approximate surface area is 289 Å². The highest BCUT2D eigenvalue weighted by Crippen LogP contribution is 2.42. The lowest BCUT2D eigenvalue weighted by molar-refractivity contribution is -0.150. The zero-order chi connectivity index (χ0) is 33.3. The van der Waals surface area contributed by atoms with Crippen molar-refractivity contribution < 1.29 is 19.7 Å². The number of likely N-dealkylation sites (tertiary alicyclic amines) is 1. The molecule has 0 radical (unpaired) electrons. The molecule has 4 rings (SSSR count). The first-order valence-corrected chi connectivity index (χ1v) is 17.2. The largest absolute Gasteiger partial charge is 0.464 e. The summed E-state index contributed by atoms with van der Waals surface area (Å²) >= 11 is 0. The minimum atomic E-state index is -1.01. The van der Waals surface area contributed by atoms with Crippen LogP contribution in [0, 0.1) is 5.92 Å². The second-order valence-corrected chi connectivity index (χ2v) is 14.1. The monoisotopic (exact) mass is 664 g/mol. The number of hydrogen-bond donors (Lipinski definition) is 2. The number of rotatable bonds is 15. The molecule has 1 heterocycles. The Hall–Kier alpha value is -2.74. The van der Waals surface area contributed by atoms with Crippen LogP contribution in [0.5, 0.6) is 0 Å². The van der Waals surface area contributed by atoms with Crippen LogP contribution in [-0.2, 0) is 20.5 Å². The van der Waals surface area contributed by atoms with Crippen LogP contribution in [0.25, 0.3) is 0 Å². The molecular weight excluding hydrogens is 608 g/mol. The Morgan fingerprint density at radius 3 is 1.85 bits per heavy atom. The molecule has 258 valence electrons. The van der Waals surface area contributed by atoms with E-state index >= 15 is 0 Å². The lowest BCUT2D eigenvalue weighted by Crippen LogP contribution is -2.44. The standard InChI is InChI=1S/C40H56N2O4.ClH/c1-30(2)42(31(3)4)28-29-46-38(44)39(5,6)33-21-19-32(20-22-33)37(43)18-13-25-41-26-23-36(24-27-41)40(45,34-14-9-7-10-15-34)35-16-11-8-12-17-35;/h7-12,14-17,19-22,30-31,36-37,43,45H,13,18,23-29H2,1-6H3;1H. The molecule has 0 spiro atoms. The van der Waals surface area contributed by atoms with E-state index in [0.29, 0.717) is 31.7 Å². The smallest absolute Gasteiger partial charge is 0.316 e. The number of esters is 1. The summed E-state index contributed by atoms with van der Waals surface area (Å²) < 4.78 is 5.70. The lowest BCUT2D eigenvalue weighted by atomic mass is 9.72. The minimum Gasteiger partial charge on any atom is -0.464 e. The third-order valence-electron chi connectivity index (χ3n) is 9.99. The summed E-state index contributed by atoms with van der Waals surface area (Å²) in [6, 6.07) is 28.7. The molecule has 0 aliphatic carbocycles. The Morgan fingerprint density at radius 2 is 1.36 bits per heavy atom. The van der Waals surface area contributed by atoms with Crippen LogP contribution in [0.3, 0.4) is 0 Å². The quantitative estimate of drug-likeness (QED) is 0.164. The number of nitrogens with zero attached hydrogens (tertiary/aromatic N) is 2. The molecule has 0 saturated carbocycles. The van der Waals surface area contributed by atoms with Gasteiger partial charge in [0.15, 0.2) is 0 Å². The van der Waals surface area contributed by atoms with E-state index in [2.05, 4.69) is 37.5 Å². The van der Waals surface area contributed by atoms with Gasteiger partial charge in [-0.2, -0.15) is 0 Å². The van der Waals surface area contributed by atoms with Crippen LogP contribution < -0.4 is 0 Å². The van der Waals surface area contributed by atoms with E-state index < -0.39 is 17.1 Å². The van der Waals surface area contributed by atoms with Crippen molar-refractivity contribution in [2.75, 3.05) is 32.8 Å². The SMILES string of the molecule is CC(C)N(CCOC(=O)C(C)(C)c1ccc(C(O)CCCN2CCC(C(O)(c3ccccc3)c3ccccc3)CC2)cc1)C(C)C.Cl. The highest BCUT2D eigenvalue weighted by atomic mass is 35.5. The number of aliphatic hydroxyl groups is 2. The van der Waals surface area contributed by atoms with E-state index in [9.17, 15) is 15.0 Å². The van der Waals surface area contributed by atoms with E-state index in [0.717, 1.165) is 61.2 Å². The number of aliphatic hydroxyl groups excluding tert-OH is 1. The van der Waals surface area contributed by atoms with Gasteiger partial charge in [-0.15, -0.1) is 12.4 Å². The molecule has 3 aromatic rings. The highest BCUT2D eigenvalue weighted by Gasteiger charge is 2.41. The van der Waals surface area contributed by atoms with Gasteiger partial charge < -0.3 is 19.8 Å². The molecule has 1 aliphatic heterocycles. The fourth-order valence-electron chi connectivity index (χ4n) is 7.05. The molecule has 1 atom stereocenters. The Balaban J connectivity index is 0.00000600. The van der Waals surface area contributed by atoms with Gasteiger partial charge in [-0.3, -0.25) is 9.69 Å². The molecule has 47 heavy (non-hydrogen) atoms. The van der Waals surface area contributed by atoms with Gasteiger partial charge in [0.25, 0.3) is 0 Å². The van der Waals surface area contributed by atoms with Gasteiger partial charge in [-0.05, 0) is 115 Å². The molecule has 0 aromatic heterocycles. The van der Waals surface area contributed by atoms with Gasteiger partial charge >= 0.3 is 5.97 Å². The fraction of sp³-hybridized carbons (Fsp3) is 0.525. The van der Waals surface area contributed by atoms with Crippen molar-refractivity contribution in [3.8, 4) is 0 Å². The third kappa shape index (κ3) is 9.67. The zero-order valence-electron chi connectivity index (χ0n) is 29.3. The number of ether oxygens (including phenoxy) is 1. The van der Waals surface area contributed by atoms with E-state index in [4.69, 9.17) is 4.74 Å². The fourth-order valence-corrected chi connectivity index (χ4v) is 7.05. The summed E-state index contributed by atoms with van der Waals surface area (Å²) in [4.78, 5) is 17.8. The summed E-state index contributed by atoms with van der Waals surface area (Å²) in [5.74, 6) is -0.100. The number of carbonyl (C=O) groups is 1. The Kier molecular flexibility index (Phi) is 14.5. The topological polar surface area (TPSA) is 73.2 Å². The van der Waals surface area contributed by atoms with Crippen molar-refractivity contribution >= 4 is 18.4 Å². The molecule has 1 saturated heterocycles. The van der Waals surface area contributed by atoms with Crippen molar-refractivity contribution in [3.05, 3.63) is 107 Å². The van der Waals surface area contributed by atoms with E-state index in [1.54, 1.807) is 0 Å². The van der Waals surface area contributed by atoms with E-state index in [1.165, 1.54) is 0 Å². The first-order chi connectivity index (χ1) is 21.9. The zero-order valence-corrected chi connectivity index (χ0v) is 30.1. The maximum atomic E-state index is 13.0. The highest BCUT2D eigenvalue weighted by molar-refractivity contribution is 5.85. The van der Waals surface area contributed by atoms with Crippen LogP contribution in [0.15, 0.2) is 84.9 Å². The predicted molar refractivity (Wildman–Crippen MR) is 194 cm³/mol. The number of benzene rings is 3. The molecular formula is C40H57ClN2O4. The van der Waals surface area contributed by atoms with Crippen LogP contribution in [0.4, 0.5) is 0 Å². The summed E-state index contributed by atoms with van der Waals surface area (Å²) in [5.41, 5.74) is 1.87. The minimum absolute atomic E-state index is 0. The normalized spacial score (nSPS) is 15.6. The summed E-state index contributed by atoms with van der Waals surface area (Å²) in [6.07, 6.45) is 2.83. The molecule has 2 N–H and O–H groups in total. The predicted octanol–water partition coefficient (Wildman–Crippen LogP) is 7.51. The maximum Gasteiger partial charge on any atom is 0.316 e. The van der Waals surface area contributed by atoms with Gasteiger partial charge in [0.2, 0.25) is 0 Å². The summed E-state index contributed by atoms with van der Waals surface area (Å²) in [7, 11) is 0. The van der Waals surface area contributed by atoms with Crippen LogP contribution in [-0.4, -0.2) is 70.9 Å². The molecule has 7 heteroatoms. The third-order valence-corrected chi connectivity index (χ3v) is 9.99. The molecule has 0 amide bonds. The molecule has 6 nitrogen and oxygen atoms in total. The van der Waals surface area contributed by atoms with Gasteiger partial charge in [0.1, 0.15) is 12.2 Å². The lowest BCUT2D eigenvalue weighted by Gasteiger charge is -2.42. The summed E-state index contributed by atoms with van der Waals surface area (Å²) in [6.45, 7) is 16.3. The molecule has 3 aromatic carbocycles. The number of carbonyl (C=O) groups excluding carboxylic acids is 1. The van der Waals surface area contributed by atoms with E-state index in [-0.39, 0.29) is 24.3 Å². The van der Waals surface area contributed by atoms with Crippen molar-refractivity contribution in [2.24, 2.45) is 5.92 Å². The van der Waals surface area contributed by atoms with Gasteiger partial charge in [-0.1, -0.05) is 84.9 Å². The van der Waals surface area contributed by atoms with Gasteiger partial charge in [0, 0.05) is 18.6 Å². The molecule has 0 bridgehead atoms. The maximum absolute atomic E-state index is 13.0. The Morgan fingerprint density at radius 1 is 0.851 bits per heavy atom. The first kappa shape index (κ1) is 38.7. The Bertz CT molecular complexity index is 1290. The van der Waals surface area contributed by atoms with Crippen LogP contribution >= 0.6 is 12.4 Å². The van der Waals surface area contributed by atoms with Crippen molar-refractivity contribution in [3.63, 3.8) is 0 Å². The van der Waals surface area contributed by atoms with Crippen molar-refractivity contribution in [2.45, 2.75) is 96.4 Å². The average molecular weight is 665 g/mol. The summed E-state index contributed by atoms with van der Waals surface area (Å²) in [5, 5.41) is 23.1. The molecule has 1 unspecified atom stereocenters. The molecule has 1 aliphatic rings. The van der Waals surface area contributed by atoms with Gasteiger partial charge in [-0.25, -0.2) is 0 Å². The van der Waals surface area contributed by atoms with Gasteiger partial charge in [0.05, 0.1) is 11.5 Å². The van der Waals surface area contributed by atoms with E-state index in [1.807, 2.05) is 98.8 Å². The van der Waals surface area contributed by atoms with Crippen LogP contribution in [0.2, 0.25) is 0 Å². The van der Waals surface area contributed by atoms with Crippen molar-refractivity contribution in [1.82, 2.24) is 9.80 Å². The second kappa shape index (κ2) is 17.6. The average Bonchev–Trinajstić information content (AvgIpc) is 3.07. The molecule has 1 fully saturated rings. The van der Waals surface area contributed by atoms with Crippen LogP contribution in [0.1, 0.15) is 95.6 Å². The number of piperidine rings is 1. The van der Waals surface area contributed by atoms with Crippen molar-refractivity contribution in [1.29, 1.82) is 0 Å². The first-order valence-electron chi connectivity index (χ1n) is 17.2. The number of hydrogen-bond acceptors (Lipinski definition) is 6.